The van der Waals surface area contributed by atoms with Crippen molar-refractivity contribution in [2.45, 2.75) is 51.6 Å². The van der Waals surface area contributed by atoms with Gasteiger partial charge in [0.25, 0.3) is 11.7 Å². The van der Waals surface area contributed by atoms with Gasteiger partial charge in [0.1, 0.15) is 11.5 Å². The van der Waals surface area contributed by atoms with Gasteiger partial charge in [0.15, 0.2) is 11.5 Å². The number of hydrogen-bond donors (Lipinski definition) is 1. The van der Waals surface area contributed by atoms with E-state index in [9.17, 15) is 14.7 Å². The van der Waals surface area contributed by atoms with Crippen LogP contribution < -0.4 is 14.2 Å². The van der Waals surface area contributed by atoms with Crippen molar-refractivity contribution in [3.05, 3.63) is 58.7 Å². The zero-order chi connectivity index (χ0) is 24.4. The summed E-state index contributed by atoms with van der Waals surface area (Å²) in [5.74, 6) is 0.318. The Balaban J connectivity index is 1.88. The molecule has 0 radical (unpaired) electrons. The zero-order valence-electron chi connectivity index (χ0n) is 20.1. The lowest BCUT2D eigenvalue weighted by Gasteiger charge is -2.31. The molecule has 180 valence electrons. The molecule has 0 bridgehead atoms. The van der Waals surface area contributed by atoms with E-state index in [4.69, 9.17) is 14.2 Å². The summed E-state index contributed by atoms with van der Waals surface area (Å²) in [5.41, 5.74) is 2.08. The first-order valence-electron chi connectivity index (χ1n) is 11.7. The highest BCUT2D eigenvalue weighted by molar-refractivity contribution is 6.46. The Labute approximate surface area is 199 Å². The van der Waals surface area contributed by atoms with E-state index in [1.807, 2.05) is 19.9 Å². The molecule has 1 amide bonds. The minimum atomic E-state index is -0.713. The highest BCUT2D eigenvalue weighted by atomic mass is 16.5. The first kappa shape index (κ1) is 23.7. The van der Waals surface area contributed by atoms with Crippen molar-refractivity contribution in [1.82, 2.24) is 4.90 Å². The number of likely N-dealkylation sites (tertiary alicyclic amines) is 1. The van der Waals surface area contributed by atoms with Crippen molar-refractivity contribution in [2.75, 3.05) is 20.8 Å². The van der Waals surface area contributed by atoms with Crippen LogP contribution >= 0.6 is 0 Å². The van der Waals surface area contributed by atoms with Gasteiger partial charge in [0.2, 0.25) is 0 Å². The predicted molar refractivity (Wildman–Crippen MR) is 128 cm³/mol. The lowest BCUT2D eigenvalue weighted by atomic mass is 9.94. The van der Waals surface area contributed by atoms with Crippen molar-refractivity contribution >= 4 is 17.4 Å². The summed E-state index contributed by atoms with van der Waals surface area (Å²) in [6.45, 7) is 4.31. The molecule has 7 nitrogen and oxygen atoms in total. The summed E-state index contributed by atoms with van der Waals surface area (Å²) in [5, 5.41) is 11.4. The fourth-order valence-corrected chi connectivity index (χ4v) is 5.03. The number of carbonyl (C=O) groups is 2. The summed E-state index contributed by atoms with van der Waals surface area (Å²) in [7, 11) is 3.09. The van der Waals surface area contributed by atoms with E-state index in [-0.39, 0.29) is 17.4 Å². The lowest BCUT2D eigenvalue weighted by Crippen LogP contribution is -2.37. The highest BCUT2D eigenvalue weighted by Crippen LogP contribution is 2.45. The Hall–Kier alpha value is -3.48. The molecule has 2 fully saturated rings. The van der Waals surface area contributed by atoms with E-state index in [0.717, 1.165) is 31.2 Å². The number of hydrogen-bond acceptors (Lipinski definition) is 6. The normalized spacial score (nSPS) is 20.1. The molecule has 1 saturated carbocycles. The zero-order valence-corrected chi connectivity index (χ0v) is 20.1. The number of benzene rings is 2. The van der Waals surface area contributed by atoms with Crippen LogP contribution in [0, 0.1) is 6.92 Å². The van der Waals surface area contributed by atoms with Crippen LogP contribution in [0.1, 0.15) is 55.3 Å². The number of ketones is 1. The summed E-state index contributed by atoms with van der Waals surface area (Å²) >= 11 is 0. The van der Waals surface area contributed by atoms with Gasteiger partial charge in [-0.25, -0.2) is 0 Å². The molecule has 1 saturated heterocycles. The Bertz CT molecular complexity index is 1130. The molecule has 0 aromatic heterocycles. The number of methoxy groups -OCH3 is 2. The van der Waals surface area contributed by atoms with Crippen LogP contribution in [0.25, 0.3) is 5.76 Å². The van der Waals surface area contributed by atoms with Gasteiger partial charge in [-0.2, -0.15) is 0 Å². The molecular formula is C27H31NO6. The molecule has 1 unspecified atom stereocenters. The number of aliphatic hydroxyl groups is 1. The van der Waals surface area contributed by atoms with E-state index in [2.05, 4.69) is 0 Å². The molecular weight excluding hydrogens is 434 g/mol. The second kappa shape index (κ2) is 9.79. The average Bonchev–Trinajstić information content (AvgIpc) is 3.46. The lowest BCUT2D eigenvalue weighted by molar-refractivity contribution is -0.141. The first-order valence-corrected chi connectivity index (χ1v) is 11.7. The molecule has 0 spiro atoms. The fraction of sp³-hybridized carbons (Fsp3) is 0.407. The van der Waals surface area contributed by atoms with Crippen LogP contribution in [0.15, 0.2) is 42.0 Å². The third-order valence-corrected chi connectivity index (χ3v) is 6.67. The third-order valence-electron chi connectivity index (χ3n) is 6.67. The van der Waals surface area contributed by atoms with Crippen LogP contribution in [-0.4, -0.2) is 48.6 Å². The second-order valence-electron chi connectivity index (χ2n) is 8.67. The number of aliphatic hydroxyl groups excluding tert-OH is 1. The van der Waals surface area contributed by atoms with E-state index in [1.54, 1.807) is 42.3 Å². The van der Waals surface area contributed by atoms with Crippen molar-refractivity contribution in [3.63, 3.8) is 0 Å². The van der Waals surface area contributed by atoms with Gasteiger partial charge < -0.3 is 24.2 Å². The molecule has 2 aliphatic rings. The highest BCUT2D eigenvalue weighted by Gasteiger charge is 2.49. The number of carbonyl (C=O) groups excluding carboxylic acids is 2. The van der Waals surface area contributed by atoms with Crippen LogP contribution in [0.3, 0.4) is 0 Å². The van der Waals surface area contributed by atoms with Gasteiger partial charge in [-0.1, -0.05) is 18.9 Å². The van der Waals surface area contributed by atoms with Crippen molar-refractivity contribution < 1.29 is 28.9 Å². The van der Waals surface area contributed by atoms with Gasteiger partial charge in [0, 0.05) is 11.6 Å². The topological polar surface area (TPSA) is 85.3 Å². The summed E-state index contributed by atoms with van der Waals surface area (Å²) in [4.78, 5) is 28.2. The molecule has 2 aromatic carbocycles. The first-order chi connectivity index (χ1) is 16.4. The van der Waals surface area contributed by atoms with E-state index in [0.29, 0.717) is 35.0 Å². The quantitative estimate of drug-likeness (QED) is 0.360. The average molecular weight is 466 g/mol. The maximum atomic E-state index is 13.3. The van der Waals surface area contributed by atoms with Crippen molar-refractivity contribution in [1.29, 1.82) is 0 Å². The third kappa shape index (κ3) is 4.11. The number of ether oxygens (including phenoxy) is 3. The van der Waals surface area contributed by atoms with Crippen LogP contribution in [0.2, 0.25) is 0 Å². The van der Waals surface area contributed by atoms with E-state index >= 15 is 0 Å². The Morgan fingerprint density at radius 2 is 1.68 bits per heavy atom. The van der Waals surface area contributed by atoms with E-state index in [1.165, 1.54) is 7.11 Å². The van der Waals surface area contributed by atoms with Gasteiger partial charge >= 0.3 is 0 Å². The molecule has 7 heteroatoms. The maximum absolute atomic E-state index is 13.3. The number of rotatable bonds is 7. The SMILES string of the molecule is CCOc1ccc(/C(O)=C2/C(=O)C(=O)N(C3CCCC3)C2c2ccc(OC)c(OC)c2)cc1C. The molecule has 1 N–H and O–H groups in total. The predicted octanol–water partition coefficient (Wildman–Crippen LogP) is 4.78. The maximum Gasteiger partial charge on any atom is 0.295 e. The Morgan fingerprint density at radius 1 is 1.00 bits per heavy atom. The fourth-order valence-electron chi connectivity index (χ4n) is 5.03. The Morgan fingerprint density at radius 3 is 2.29 bits per heavy atom. The van der Waals surface area contributed by atoms with Gasteiger partial charge in [-0.15, -0.1) is 0 Å². The van der Waals surface area contributed by atoms with Crippen molar-refractivity contribution in [2.24, 2.45) is 0 Å². The minimum absolute atomic E-state index is 0.0538. The molecule has 1 aliphatic carbocycles. The second-order valence-corrected chi connectivity index (χ2v) is 8.67. The van der Waals surface area contributed by atoms with Crippen LogP contribution in [-0.2, 0) is 9.59 Å². The summed E-state index contributed by atoms with van der Waals surface area (Å²) in [6.07, 6.45) is 3.67. The molecule has 4 rings (SSSR count). The monoisotopic (exact) mass is 465 g/mol. The smallest absolute Gasteiger partial charge is 0.295 e. The molecule has 1 heterocycles. The summed E-state index contributed by atoms with van der Waals surface area (Å²) < 4.78 is 16.4. The molecule has 34 heavy (non-hydrogen) atoms. The number of Topliss-reactive ketones (excluding diaryl/α,β-unsaturated/α-hetero) is 1. The standard InChI is InChI=1S/C27H31NO6/c1-5-34-20-12-11-18(14-16(20)2)25(29)23-24(17-10-13-21(32-3)22(15-17)33-4)28(27(31)26(23)30)19-8-6-7-9-19/h10-15,19,24,29H,5-9H2,1-4H3/b25-23-. The number of nitrogens with zero attached hydrogens (tertiary/aromatic N) is 1. The van der Waals surface area contributed by atoms with Crippen LogP contribution in [0.5, 0.6) is 17.2 Å². The molecule has 1 aliphatic heterocycles. The number of amides is 1. The molecule has 2 aromatic rings. The largest absolute Gasteiger partial charge is 0.507 e. The Kier molecular flexibility index (Phi) is 6.82. The number of aryl methyl sites for hydroxylation is 1. The minimum Gasteiger partial charge on any atom is -0.507 e. The summed E-state index contributed by atoms with van der Waals surface area (Å²) in [6, 6.07) is 9.83. The van der Waals surface area contributed by atoms with Gasteiger partial charge in [-0.05, 0) is 68.1 Å². The van der Waals surface area contributed by atoms with Gasteiger partial charge in [-0.3, -0.25) is 9.59 Å². The van der Waals surface area contributed by atoms with Gasteiger partial charge in [0.05, 0.1) is 32.4 Å². The molecule has 1 atom stereocenters. The van der Waals surface area contributed by atoms with Crippen molar-refractivity contribution in [3.8, 4) is 17.2 Å². The van der Waals surface area contributed by atoms with E-state index < -0.39 is 17.7 Å². The van der Waals surface area contributed by atoms with Crippen LogP contribution in [0.4, 0.5) is 0 Å².